The monoisotopic (exact) mass is 441 g/mol. The molecule has 1 amide bonds. The minimum Gasteiger partial charge on any atom is -0.378 e. The third-order valence-electron chi connectivity index (χ3n) is 6.43. The van der Waals surface area contributed by atoms with Gasteiger partial charge in [-0.1, -0.05) is 6.07 Å². The van der Waals surface area contributed by atoms with Gasteiger partial charge in [0.15, 0.2) is 0 Å². The van der Waals surface area contributed by atoms with Crippen LogP contribution in [0, 0.1) is 5.92 Å². The highest BCUT2D eigenvalue weighted by Crippen LogP contribution is 2.28. The van der Waals surface area contributed by atoms with Crippen LogP contribution in [0.3, 0.4) is 0 Å². The van der Waals surface area contributed by atoms with Gasteiger partial charge in [0.1, 0.15) is 0 Å². The molecule has 0 bridgehead atoms. The Hall–Kier alpha value is -2.38. The van der Waals surface area contributed by atoms with Crippen LogP contribution in [0.1, 0.15) is 36.8 Å². The summed E-state index contributed by atoms with van der Waals surface area (Å²) < 4.78 is 27.8. The minimum absolute atomic E-state index is 0.0385. The maximum Gasteiger partial charge on any atom is 0.243 e. The van der Waals surface area contributed by atoms with Gasteiger partial charge in [-0.2, -0.15) is 4.31 Å². The predicted molar refractivity (Wildman–Crippen MR) is 124 cm³/mol. The first-order chi connectivity index (χ1) is 14.8. The molecule has 4 rings (SSSR count). The summed E-state index contributed by atoms with van der Waals surface area (Å²) in [7, 11) is 0.424. The second kappa shape index (κ2) is 9.01. The number of piperidine rings is 1. The molecule has 1 N–H and O–H groups in total. The molecule has 166 valence electrons. The Balaban J connectivity index is 1.37. The number of sulfonamides is 1. The van der Waals surface area contributed by atoms with E-state index in [9.17, 15) is 13.2 Å². The standard InChI is InChI=1S/C24H31N3O3S/c1-26(2)22-10-8-21(9-11-22)25-24(28)19-13-15-27(16-14-19)31(29,30)23-12-7-18-5-3-4-6-20(18)17-23/h7-12,17,19H,3-6,13-16H2,1-2H3,(H,25,28). The van der Waals surface area contributed by atoms with E-state index in [0.29, 0.717) is 30.8 Å². The summed E-state index contributed by atoms with van der Waals surface area (Å²) in [6.45, 7) is 0.744. The van der Waals surface area contributed by atoms with Crippen molar-refractivity contribution in [2.45, 2.75) is 43.4 Å². The Morgan fingerprint density at radius 1 is 0.968 bits per heavy atom. The lowest BCUT2D eigenvalue weighted by Crippen LogP contribution is -2.41. The molecule has 1 heterocycles. The lowest BCUT2D eigenvalue weighted by molar-refractivity contribution is -0.120. The molecular formula is C24H31N3O3S. The lowest BCUT2D eigenvalue weighted by atomic mass is 9.92. The molecule has 1 aliphatic heterocycles. The molecule has 1 aliphatic carbocycles. The topological polar surface area (TPSA) is 69.7 Å². The zero-order valence-corrected chi connectivity index (χ0v) is 19.1. The molecule has 31 heavy (non-hydrogen) atoms. The van der Waals surface area contributed by atoms with Crippen molar-refractivity contribution in [2.24, 2.45) is 5.92 Å². The molecule has 2 aromatic rings. The van der Waals surface area contributed by atoms with Gasteiger partial charge in [0.05, 0.1) is 4.90 Å². The van der Waals surface area contributed by atoms with Crippen LogP contribution >= 0.6 is 0 Å². The molecule has 0 saturated carbocycles. The highest BCUT2D eigenvalue weighted by molar-refractivity contribution is 7.89. The zero-order valence-electron chi connectivity index (χ0n) is 18.3. The summed E-state index contributed by atoms with van der Waals surface area (Å²) in [5.41, 5.74) is 4.28. The average molecular weight is 442 g/mol. The summed E-state index contributed by atoms with van der Waals surface area (Å²) in [5.74, 6) is -0.216. The zero-order chi connectivity index (χ0) is 22.0. The van der Waals surface area contributed by atoms with Gasteiger partial charge in [-0.25, -0.2) is 8.42 Å². The molecule has 7 heteroatoms. The Kier molecular flexibility index (Phi) is 6.34. The number of rotatable bonds is 5. The normalized spacial score (nSPS) is 17.7. The highest BCUT2D eigenvalue weighted by Gasteiger charge is 2.32. The number of fused-ring (bicyclic) bond motifs is 1. The molecule has 0 radical (unpaired) electrons. The van der Waals surface area contributed by atoms with E-state index in [1.54, 1.807) is 6.07 Å². The van der Waals surface area contributed by atoms with E-state index in [1.165, 1.54) is 21.9 Å². The molecular weight excluding hydrogens is 410 g/mol. The van der Waals surface area contributed by atoms with Crippen molar-refractivity contribution >= 4 is 27.3 Å². The average Bonchev–Trinajstić information content (AvgIpc) is 2.79. The van der Waals surface area contributed by atoms with Crippen LogP contribution in [0.15, 0.2) is 47.4 Å². The number of anilines is 2. The van der Waals surface area contributed by atoms with E-state index in [2.05, 4.69) is 5.32 Å². The number of aryl methyl sites for hydroxylation is 2. The van der Waals surface area contributed by atoms with Crippen LogP contribution in [0.4, 0.5) is 11.4 Å². The Labute approximate surface area is 185 Å². The third-order valence-corrected chi connectivity index (χ3v) is 8.33. The van der Waals surface area contributed by atoms with Crippen LogP contribution in [0.25, 0.3) is 0 Å². The number of carbonyl (C=O) groups is 1. The number of carbonyl (C=O) groups excluding carboxylic acids is 1. The largest absolute Gasteiger partial charge is 0.378 e. The molecule has 0 unspecified atom stereocenters. The third kappa shape index (κ3) is 4.77. The predicted octanol–water partition coefficient (Wildman–Crippen LogP) is 3.67. The van der Waals surface area contributed by atoms with Crippen molar-refractivity contribution in [3.63, 3.8) is 0 Å². The summed E-state index contributed by atoms with van der Waals surface area (Å²) in [6, 6.07) is 13.3. The number of amides is 1. The van der Waals surface area contributed by atoms with Crippen molar-refractivity contribution in [1.82, 2.24) is 4.31 Å². The first-order valence-corrected chi connectivity index (χ1v) is 12.5. The molecule has 0 spiro atoms. The fraction of sp³-hybridized carbons (Fsp3) is 0.458. The number of hydrogen-bond donors (Lipinski definition) is 1. The Morgan fingerprint density at radius 3 is 2.26 bits per heavy atom. The van der Waals surface area contributed by atoms with E-state index in [4.69, 9.17) is 0 Å². The van der Waals surface area contributed by atoms with Crippen molar-refractivity contribution in [1.29, 1.82) is 0 Å². The number of nitrogens with one attached hydrogen (secondary N) is 1. The van der Waals surface area contributed by atoms with E-state index < -0.39 is 10.0 Å². The first kappa shape index (κ1) is 21.8. The molecule has 0 aromatic heterocycles. The molecule has 0 atom stereocenters. The number of benzene rings is 2. The molecule has 1 saturated heterocycles. The summed E-state index contributed by atoms with van der Waals surface area (Å²) in [6.07, 6.45) is 5.35. The van der Waals surface area contributed by atoms with Crippen molar-refractivity contribution in [3.05, 3.63) is 53.6 Å². The fourth-order valence-electron chi connectivity index (χ4n) is 4.46. The maximum absolute atomic E-state index is 13.1. The SMILES string of the molecule is CN(C)c1ccc(NC(=O)C2CCN(S(=O)(=O)c3ccc4c(c3)CCCC4)CC2)cc1. The van der Waals surface area contributed by atoms with Crippen LogP contribution < -0.4 is 10.2 Å². The highest BCUT2D eigenvalue weighted by atomic mass is 32.2. The Bertz CT molecular complexity index is 1040. The van der Waals surface area contributed by atoms with Gasteiger partial charge < -0.3 is 10.2 Å². The maximum atomic E-state index is 13.1. The molecule has 2 aromatic carbocycles. The lowest BCUT2D eigenvalue weighted by Gasteiger charge is -2.31. The van der Waals surface area contributed by atoms with Crippen molar-refractivity contribution in [2.75, 3.05) is 37.4 Å². The van der Waals surface area contributed by atoms with Crippen LogP contribution in [-0.2, 0) is 27.7 Å². The fourth-order valence-corrected chi connectivity index (χ4v) is 5.99. The number of hydrogen-bond acceptors (Lipinski definition) is 4. The molecule has 6 nitrogen and oxygen atoms in total. The molecule has 1 fully saturated rings. The minimum atomic E-state index is -3.52. The van der Waals surface area contributed by atoms with Crippen LogP contribution in [-0.4, -0.2) is 45.8 Å². The molecule has 2 aliphatic rings. The van der Waals surface area contributed by atoms with Crippen molar-refractivity contribution < 1.29 is 13.2 Å². The van der Waals surface area contributed by atoms with Gasteiger partial charge in [-0.05, 0) is 86.1 Å². The number of nitrogens with zero attached hydrogens (tertiary/aromatic N) is 2. The van der Waals surface area contributed by atoms with Crippen LogP contribution in [0.5, 0.6) is 0 Å². The van der Waals surface area contributed by atoms with E-state index in [-0.39, 0.29) is 11.8 Å². The Morgan fingerprint density at radius 2 is 1.61 bits per heavy atom. The van der Waals surface area contributed by atoms with Gasteiger partial charge in [0.25, 0.3) is 0 Å². The first-order valence-electron chi connectivity index (χ1n) is 11.0. The van der Waals surface area contributed by atoms with Gasteiger partial charge >= 0.3 is 0 Å². The van der Waals surface area contributed by atoms with Crippen LogP contribution in [0.2, 0.25) is 0 Å². The van der Waals surface area contributed by atoms with Gasteiger partial charge in [-0.3, -0.25) is 4.79 Å². The second-order valence-corrected chi connectivity index (χ2v) is 10.7. The smallest absolute Gasteiger partial charge is 0.243 e. The van der Waals surface area contributed by atoms with Gasteiger partial charge in [-0.15, -0.1) is 0 Å². The van der Waals surface area contributed by atoms with E-state index >= 15 is 0 Å². The van der Waals surface area contributed by atoms with E-state index in [1.807, 2.05) is 55.4 Å². The van der Waals surface area contributed by atoms with Crippen molar-refractivity contribution in [3.8, 4) is 0 Å². The summed E-state index contributed by atoms with van der Waals surface area (Å²) in [4.78, 5) is 15.1. The quantitative estimate of drug-likeness (QED) is 0.769. The summed E-state index contributed by atoms with van der Waals surface area (Å²) >= 11 is 0. The van der Waals surface area contributed by atoms with E-state index in [0.717, 1.165) is 30.6 Å². The van der Waals surface area contributed by atoms with Gasteiger partial charge in [0.2, 0.25) is 15.9 Å². The summed E-state index contributed by atoms with van der Waals surface area (Å²) in [5, 5.41) is 2.97. The second-order valence-electron chi connectivity index (χ2n) is 8.75. The van der Waals surface area contributed by atoms with Gasteiger partial charge in [0, 0.05) is 44.5 Å².